The van der Waals surface area contributed by atoms with Gasteiger partial charge in [-0.15, -0.1) is 34.8 Å². The minimum Gasteiger partial charge on any atom is -0.123 e. The topological polar surface area (TPSA) is 0 Å². The molecule has 106 valence electrons. The molecule has 0 unspecified atom stereocenters. The van der Waals surface area contributed by atoms with Crippen molar-refractivity contribution in [2.75, 3.05) is 0 Å². The fourth-order valence-electron chi connectivity index (χ4n) is 4.97. The Morgan fingerprint density at radius 2 is 1.37 bits per heavy atom. The highest BCUT2D eigenvalue weighted by Crippen LogP contribution is 2.82. The van der Waals surface area contributed by atoms with E-state index in [1.807, 2.05) is 0 Å². The lowest BCUT2D eigenvalue weighted by atomic mass is 9.72. The molecule has 0 aromatic rings. The van der Waals surface area contributed by atoms with Crippen LogP contribution in [0.25, 0.3) is 0 Å². The summed E-state index contributed by atoms with van der Waals surface area (Å²) in [6, 6.07) is 0. The van der Waals surface area contributed by atoms with Crippen molar-refractivity contribution in [1.29, 1.82) is 0 Å². The average Bonchev–Trinajstić information content (AvgIpc) is 2.95. The molecule has 7 heteroatoms. The summed E-state index contributed by atoms with van der Waals surface area (Å²) in [5, 5.41) is 0.707. The lowest BCUT2D eigenvalue weighted by Gasteiger charge is -2.41. The van der Waals surface area contributed by atoms with Gasteiger partial charge in [-0.25, -0.2) is 0 Å². The van der Waals surface area contributed by atoms with Crippen LogP contribution in [-0.4, -0.2) is 19.5 Å². The highest BCUT2D eigenvalue weighted by Gasteiger charge is 2.86. The van der Waals surface area contributed by atoms with Gasteiger partial charge in [0, 0.05) is 5.38 Å². The van der Waals surface area contributed by atoms with E-state index in [4.69, 9.17) is 81.2 Å². The van der Waals surface area contributed by atoms with Crippen LogP contribution in [0.1, 0.15) is 12.8 Å². The maximum Gasteiger partial charge on any atom is 0.166 e. The van der Waals surface area contributed by atoms with Crippen molar-refractivity contribution in [2.45, 2.75) is 32.3 Å². The molecule has 7 atom stereocenters. The van der Waals surface area contributed by atoms with Crippen LogP contribution in [0.5, 0.6) is 0 Å². The maximum absolute atomic E-state index is 6.80. The Labute approximate surface area is 146 Å². The second-order valence-electron chi connectivity index (χ2n) is 6.09. The third-order valence-electron chi connectivity index (χ3n) is 5.59. The molecule has 4 rings (SSSR count). The van der Waals surface area contributed by atoms with Crippen molar-refractivity contribution in [2.24, 2.45) is 23.7 Å². The van der Waals surface area contributed by atoms with Gasteiger partial charge in [-0.05, 0) is 36.5 Å². The van der Waals surface area contributed by atoms with Gasteiger partial charge in [-0.2, -0.15) is 0 Å². The van der Waals surface area contributed by atoms with E-state index in [1.54, 1.807) is 0 Å². The maximum atomic E-state index is 6.80. The Bertz CT molecular complexity index is 514. The second-order valence-corrected chi connectivity index (χ2v) is 9.93. The minimum atomic E-state index is -1.40. The number of hydrogen-bond donors (Lipinski definition) is 0. The number of alkyl halides is 5. The Hall–Kier alpha value is 1.77. The predicted molar refractivity (Wildman–Crippen MR) is 83.2 cm³/mol. The van der Waals surface area contributed by atoms with Crippen LogP contribution in [0.4, 0.5) is 0 Å². The summed E-state index contributed by atoms with van der Waals surface area (Å²) in [5.74, 6) is 0.672. The fraction of sp³-hybridized carbons (Fsp3) is 0.833. The average molecular weight is 401 g/mol. The molecular formula is C12H9Cl7. The van der Waals surface area contributed by atoms with Crippen LogP contribution in [0.2, 0.25) is 0 Å². The van der Waals surface area contributed by atoms with Crippen molar-refractivity contribution >= 4 is 81.2 Å². The molecule has 3 fully saturated rings. The van der Waals surface area contributed by atoms with Gasteiger partial charge >= 0.3 is 0 Å². The Morgan fingerprint density at radius 3 is 1.95 bits per heavy atom. The van der Waals surface area contributed by atoms with Crippen molar-refractivity contribution in [3.8, 4) is 0 Å². The molecule has 0 heterocycles. The summed E-state index contributed by atoms with van der Waals surface area (Å²) >= 11 is 45.8. The SMILES string of the molecule is ClC1=C(Cl)[C@@]2(Cl)[C@H]3[C@H]4C[C@H]([C@H]3[C@@]1(Cl)C2(Cl)Cl)[C@H](Cl)C4. The number of fused-ring (bicyclic) bond motifs is 9. The summed E-state index contributed by atoms with van der Waals surface area (Å²) < 4.78 is -1.40. The molecule has 4 aliphatic carbocycles. The highest BCUT2D eigenvalue weighted by atomic mass is 35.5. The second kappa shape index (κ2) is 3.81. The molecule has 0 aromatic carbocycles. The standard InChI is InChI=1S/C12H9Cl7/c13-5-2-3-1-4(5)7-6(3)10(16)8(14)9(15)11(7,17)12(10,18)19/h3-7H,1-2H2/t3-,4-,5+,6-,7+,10-,11-/m0/s1. The zero-order valence-corrected chi connectivity index (χ0v) is 14.7. The van der Waals surface area contributed by atoms with Crippen molar-refractivity contribution in [1.82, 2.24) is 0 Å². The lowest BCUT2D eigenvalue weighted by molar-refractivity contribution is 0.222. The molecule has 0 spiro atoms. The lowest BCUT2D eigenvalue weighted by Crippen LogP contribution is -2.46. The molecule has 19 heavy (non-hydrogen) atoms. The smallest absolute Gasteiger partial charge is 0.123 e. The first kappa shape index (κ1) is 14.4. The summed E-state index contributed by atoms with van der Waals surface area (Å²) in [5.41, 5.74) is 0. The van der Waals surface area contributed by atoms with E-state index in [0.29, 0.717) is 16.0 Å². The molecular weight excluding hydrogens is 392 g/mol. The zero-order valence-electron chi connectivity index (χ0n) is 9.45. The Kier molecular flexibility index (Phi) is 2.88. The van der Waals surface area contributed by atoms with Gasteiger partial charge in [-0.3, -0.25) is 0 Å². The third-order valence-corrected chi connectivity index (χ3v) is 10.4. The summed E-state index contributed by atoms with van der Waals surface area (Å²) in [7, 11) is 0. The first-order valence-corrected chi connectivity index (χ1v) is 8.85. The van der Waals surface area contributed by atoms with Crippen LogP contribution in [0.15, 0.2) is 10.1 Å². The van der Waals surface area contributed by atoms with E-state index in [2.05, 4.69) is 0 Å². The first-order valence-electron chi connectivity index (χ1n) is 6.15. The van der Waals surface area contributed by atoms with Crippen LogP contribution in [-0.2, 0) is 0 Å². The first-order chi connectivity index (χ1) is 8.69. The fourth-order valence-corrected chi connectivity index (χ4v) is 8.61. The molecule has 0 radical (unpaired) electrons. The van der Waals surface area contributed by atoms with E-state index >= 15 is 0 Å². The summed E-state index contributed by atoms with van der Waals surface area (Å²) in [6.45, 7) is 0. The van der Waals surface area contributed by atoms with Crippen molar-refractivity contribution in [3.63, 3.8) is 0 Å². The quantitative estimate of drug-likeness (QED) is 0.360. The van der Waals surface area contributed by atoms with E-state index in [9.17, 15) is 0 Å². The van der Waals surface area contributed by atoms with Crippen LogP contribution in [0.3, 0.4) is 0 Å². The number of halogens is 7. The van der Waals surface area contributed by atoms with Crippen LogP contribution in [0, 0.1) is 23.7 Å². The summed E-state index contributed by atoms with van der Waals surface area (Å²) in [6.07, 6.45) is 1.92. The van der Waals surface area contributed by atoms with Gasteiger partial charge in [0.2, 0.25) is 0 Å². The highest BCUT2D eigenvalue weighted by molar-refractivity contribution is 6.65. The monoisotopic (exact) mass is 398 g/mol. The van der Waals surface area contributed by atoms with Gasteiger partial charge < -0.3 is 0 Å². The number of allylic oxidation sites excluding steroid dienone is 2. The van der Waals surface area contributed by atoms with E-state index in [0.717, 1.165) is 12.8 Å². The molecule has 0 nitrogen and oxygen atoms in total. The van der Waals surface area contributed by atoms with Crippen molar-refractivity contribution < 1.29 is 0 Å². The molecule has 4 bridgehead atoms. The zero-order chi connectivity index (χ0) is 14.0. The summed E-state index contributed by atoms with van der Waals surface area (Å²) in [4.78, 5) is -2.20. The minimum absolute atomic E-state index is 0.00193. The van der Waals surface area contributed by atoms with Crippen LogP contribution < -0.4 is 0 Å². The molecule has 0 aliphatic heterocycles. The largest absolute Gasteiger partial charge is 0.166 e. The van der Waals surface area contributed by atoms with E-state index in [-0.39, 0.29) is 23.1 Å². The van der Waals surface area contributed by atoms with Gasteiger partial charge in [0.15, 0.2) is 4.33 Å². The molecule has 0 amide bonds. The molecule has 0 N–H and O–H groups in total. The van der Waals surface area contributed by atoms with Gasteiger partial charge in [-0.1, -0.05) is 46.4 Å². The normalized spacial score (nSPS) is 61.1. The van der Waals surface area contributed by atoms with E-state index < -0.39 is 14.1 Å². The van der Waals surface area contributed by atoms with Crippen LogP contribution >= 0.6 is 81.2 Å². The molecule has 0 aromatic heterocycles. The number of hydrogen-bond acceptors (Lipinski definition) is 0. The van der Waals surface area contributed by atoms with Gasteiger partial charge in [0.05, 0.1) is 10.1 Å². The number of rotatable bonds is 0. The Morgan fingerprint density at radius 1 is 0.842 bits per heavy atom. The Balaban J connectivity index is 1.99. The van der Waals surface area contributed by atoms with Gasteiger partial charge in [0.1, 0.15) is 9.75 Å². The van der Waals surface area contributed by atoms with Crippen molar-refractivity contribution in [3.05, 3.63) is 10.1 Å². The molecule has 0 saturated heterocycles. The van der Waals surface area contributed by atoms with E-state index in [1.165, 1.54) is 0 Å². The predicted octanol–water partition coefficient (Wildman–Crippen LogP) is 5.71. The molecule has 3 saturated carbocycles. The third kappa shape index (κ3) is 1.21. The molecule has 4 aliphatic rings. The van der Waals surface area contributed by atoms with Gasteiger partial charge in [0.25, 0.3) is 0 Å².